The summed E-state index contributed by atoms with van der Waals surface area (Å²) >= 11 is 1.20. The minimum absolute atomic E-state index is 0.0496. The molecule has 0 spiro atoms. The zero-order valence-corrected chi connectivity index (χ0v) is 15.5. The fourth-order valence-corrected chi connectivity index (χ4v) is 4.74. The van der Waals surface area contributed by atoms with Crippen molar-refractivity contribution in [1.29, 1.82) is 0 Å². The van der Waals surface area contributed by atoms with Gasteiger partial charge in [0.1, 0.15) is 0 Å². The molecule has 0 bridgehead atoms. The number of aliphatic hydroxyl groups is 1. The van der Waals surface area contributed by atoms with Crippen LogP contribution in [0.5, 0.6) is 0 Å². The first kappa shape index (κ1) is 17.5. The van der Waals surface area contributed by atoms with E-state index in [4.69, 9.17) is 0 Å². The molecule has 1 saturated heterocycles. The molecule has 4 nitrogen and oxygen atoms in total. The van der Waals surface area contributed by atoms with Crippen LogP contribution in [0.25, 0.3) is 10.2 Å². The van der Waals surface area contributed by atoms with E-state index in [0.717, 1.165) is 35.3 Å². The van der Waals surface area contributed by atoms with Crippen molar-refractivity contribution < 1.29 is 5.11 Å². The quantitative estimate of drug-likeness (QED) is 0.724. The van der Waals surface area contributed by atoms with Gasteiger partial charge in [-0.15, -0.1) is 0 Å². The second-order valence-corrected chi connectivity index (χ2v) is 8.26. The zero-order chi connectivity index (χ0) is 17.9. The predicted octanol–water partition coefficient (Wildman–Crippen LogP) is 3.58. The molecule has 2 atom stereocenters. The van der Waals surface area contributed by atoms with Crippen LogP contribution in [0.3, 0.4) is 0 Å². The number of rotatable bonds is 5. The van der Waals surface area contributed by atoms with Gasteiger partial charge in [-0.1, -0.05) is 47.7 Å². The number of benzene rings is 2. The lowest BCUT2D eigenvalue weighted by Gasteiger charge is -2.34. The van der Waals surface area contributed by atoms with Crippen LogP contribution >= 0.6 is 11.3 Å². The van der Waals surface area contributed by atoms with Gasteiger partial charge in [-0.3, -0.25) is 4.79 Å². The number of thiazole rings is 1. The summed E-state index contributed by atoms with van der Waals surface area (Å²) in [4.78, 5) is 16.6. The molecule has 4 rings (SSSR count). The molecule has 0 aliphatic carbocycles. The minimum atomic E-state index is -0.521. The number of aromatic amines is 1. The lowest BCUT2D eigenvalue weighted by atomic mass is 9.91. The maximum absolute atomic E-state index is 11.5. The number of hydrogen-bond acceptors (Lipinski definition) is 4. The largest absolute Gasteiger partial charge is 0.387 e. The Labute approximate surface area is 157 Å². The predicted molar refractivity (Wildman–Crippen MR) is 107 cm³/mol. The summed E-state index contributed by atoms with van der Waals surface area (Å²) < 4.78 is 0.909. The van der Waals surface area contributed by atoms with E-state index in [9.17, 15) is 9.90 Å². The smallest absolute Gasteiger partial charge is 0.305 e. The van der Waals surface area contributed by atoms with Crippen LogP contribution in [-0.2, 0) is 6.42 Å². The Balaban J connectivity index is 1.39. The van der Waals surface area contributed by atoms with E-state index < -0.39 is 6.10 Å². The molecule has 0 amide bonds. The number of nitrogens with zero attached hydrogens (tertiary/aromatic N) is 1. The van der Waals surface area contributed by atoms with Crippen molar-refractivity contribution in [3.05, 3.63) is 69.3 Å². The number of aliphatic hydroxyl groups excluding tert-OH is 1. The second kappa shape index (κ2) is 7.74. The van der Waals surface area contributed by atoms with Crippen molar-refractivity contribution in [2.75, 3.05) is 19.6 Å². The van der Waals surface area contributed by atoms with E-state index in [2.05, 4.69) is 40.2 Å². The standard InChI is InChI=1S/C21H24N2O2S/c24-19(17-8-9-18-20(12-17)26-21(25)22-18)14-23-10-4-7-16(13-23)11-15-5-2-1-3-6-15/h1-3,5-6,8-9,12,16,19,24H,4,7,10-11,13-14H2,(H,22,25). The number of β-amino-alcohol motifs (C(OH)–C–C–N with tert-alkyl or cyclic N) is 1. The molecule has 2 aromatic carbocycles. The SMILES string of the molecule is O=c1[nH]c2ccc(C(O)CN3CCCC(Cc4ccccc4)C3)cc2s1. The Morgan fingerprint density at radius 1 is 1.23 bits per heavy atom. The van der Waals surface area contributed by atoms with Crippen LogP contribution < -0.4 is 4.87 Å². The fraction of sp³-hybridized carbons (Fsp3) is 0.381. The number of piperidine rings is 1. The molecule has 2 heterocycles. The molecule has 1 aliphatic rings. The van der Waals surface area contributed by atoms with Gasteiger partial charge in [-0.05, 0) is 55.0 Å². The highest BCUT2D eigenvalue weighted by molar-refractivity contribution is 7.16. The molecule has 3 aromatic rings. The first-order valence-corrected chi connectivity index (χ1v) is 10.1. The average molecular weight is 369 g/mol. The highest BCUT2D eigenvalue weighted by atomic mass is 32.1. The van der Waals surface area contributed by atoms with Crippen molar-refractivity contribution in [1.82, 2.24) is 9.88 Å². The van der Waals surface area contributed by atoms with Crippen LogP contribution in [0.4, 0.5) is 0 Å². The summed E-state index contributed by atoms with van der Waals surface area (Å²) in [6, 6.07) is 16.4. The fourth-order valence-electron chi connectivity index (χ4n) is 3.95. The molecule has 2 N–H and O–H groups in total. The summed E-state index contributed by atoms with van der Waals surface area (Å²) in [5, 5.41) is 10.7. The van der Waals surface area contributed by atoms with Crippen LogP contribution in [0.15, 0.2) is 53.3 Å². The first-order chi connectivity index (χ1) is 12.7. The summed E-state index contributed by atoms with van der Waals surface area (Å²) in [6.45, 7) is 2.73. The summed E-state index contributed by atoms with van der Waals surface area (Å²) in [6.07, 6.45) is 3.02. The van der Waals surface area contributed by atoms with Gasteiger partial charge in [0.2, 0.25) is 0 Å². The zero-order valence-electron chi connectivity index (χ0n) is 14.7. The van der Waals surface area contributed by atoms with Crippen molar-refractivity contribution in [3.8, 4) is 0 Å². The lowest BCUT2D eigenvalue weighted by molar-refractivity contribution is 0.0845. The van der Waals surface area contributed by atoms with Gasteiger partial charge in [-0.2, -0.15) is 0 Å². The number of aromatic nitrogens is 1. The third-order valence-corrected chi connectivity index (χ3v) is 6.08. The third kappa shape index (κ3) is 4.06. The maximum Gasteiger partial charge on any atom is 0.305 e. The Kier molecular flexibility index (Phi) is 5.20. The molecule has 0 saturated carbocycles. The Morgan fingerprint density at radius 2 is 2.08 bits per heavy atom. The van der Waals surface area contributed by atoms with Gasteiger partial charge in [0.15, 0.2) is 0 Å². The van der Waals surface area contributed by atoms with Crippen LogP contribution in [-0.4, -0.2) is 34.6 Å². The monoisotopic (exact) mass is 368 g/mol. The molecule has 1 fully saturated rings. The summed E-state index contributed by atoms with van der Waals surface area (Å²) in [5.74, 6) is 0.649. The Bertz CT molecular complexity index is 918. The molecule has 1 aliphatic heterocycles. The number of fused-ring (bicyclic) bond motifs is 1. The molecule has 5 heteroatoms. The maximum atomic E-state index is 11.5. The highest BCUT2D eigenvalue weighted by Gasteiger charge is 2.22. The molecule has 1 aromatic heterocycles. The van der Waals surface area contributed by atoms with Gasteiger partial charge in [-0.25, -0.2) is 0 Å². The van der Waals surface area contributed by atoms with Gasteiger partial charge < -0.3 is 15.0 Å². The number of likely N-dealkylation sites (tertiary alicyclic amines) is 1. The molecule has 26 heavy (non-hydrogen) atoms. The average Bonchev–Trinajstić information content (AvgIpc) is 3.02. The molecular weight excluding hydrogens is 344 g/mol. The Hall–Kier alpha value is -1.95. The van der Waals surface area contributed by atoms with Crippen molar-refractivity contribution in [2.24, 2.45) is 5.92 Å². The summed E-state index contributed by atoms with van der Waals surface area (Å²) in [7, 11) is 0. The second-order valence-electron chi connectivity index (χ2n) is 7.24. The van der Waals surface area contributed by atoms with Crippen molar-refractivity contribution in [3.63, 3.8) is 0 Å². The van der Waals surface area contributed by atoms with E-state index in [0.29, 0.717) is 12.5 Å². The number of H-pyrrole nitrogens is 1. The number of nitrogens with one attached hydrogen (secondary N) is 1. The first-order valence-electron chi connectivity index (χ1n) is 9.24. The van der Waals surface area contributed by atoms with Crippen LogP contribution in [0.1, 0.15) is 30.1 Å². The topological polar surface area (TPSA) is 56.3 Å². The third-order valence-electron chi connectivity index (χ3n) is 5.23. The van der Waals surface area contributed by atoms with Gasteiger partial charge in [0, 0.05) is 13.1 Å². The van der Waals surface area contributed by atoms with Gasteiger partial charge in [0.25, 0.3) is 0 Å². The lowest BCUT2D eigenvalue weighted by Crippen LogP contribution is -2.38. The number of hydrogen-bond donors (Lipinski definition) is 2. The highest BCUT2D eigenvalue weighted by Crippen LogP contribution is 2.25. The summed E-state index contributed by atoms with van der Waals surface area (Å²) in [5.41, 5.74) is 3.13. The Morgan fingerprint density at radius 3 is 2.92 bits per heavy atom. The van der Waals surface area contributed by atoms with Crippen LogP contribution in [0.2, 0.25) is 0 Å². The van der Waals surface area contributed by atoms with Gasteiger partial charge >= 0.3 is 4.87 Å². The van der Waals surface area contributed by atoms with E-state index in [1.165, 1.54) is 29.7 Å². The van der Waals surface area contributed by atoms with E-state index in [-0.39, 0.29) is 4.87 Å². The molecule has 2 unspecified atom stereocenters. The van der Waals surface area contributed by atoms with E-state index in [1.54, 1.807) is 0 Å². The van der Waals surface area contributed by atoms with Crippen molar-refractivity contribution >= 4 is 21.6 Å². The van der Waals surface area contributed by atoms with E-state index in [1.807, 2.05) is 18.2 Å². The normalized spacial score (nSPS) is 19.7. The van der Waals surface area contributed by atoms with Crippen molar-refractivity contribution in [2.45, 2.75) is 25.4 Å². The molecule has 0 radical (unpaired) electrons. The van der Waals surface area contributed by atoms with Gasteiger partial charge in [0.05, 0.1) is 16.3 Å². The van der Waals surface area contributed by atoms with E-state index >= 15 is 0 Å². The van der Waals surface area contributed by atoms with Crippen LogP contribution in [0, 0.1) is 5.92 Å². The molecule has 136 valence electrons. The molecular formula is C21H24N2O2S. The minimum Gasteiger partial charge on any atom is -0.387 e.